The molecule has 6 heteroatoms. The maximum absolute atomic E-state index is 4.14. The fourth-order valence-electron chi connectivity index (χ4n) is 1.18. The summed E-state index contributed by atoms with van der Waals surface area (Å²) in [6.45, 7) is 0. The summed E-state index contributed by atoms with van der Waals surface area (Å²) in [5, 5.41) is 12.4. The Kier molecular flexibility index (Phi) is 5.15. The lowest BCUT2D eigenvalue weighted by molar-refractivity contribution is 1.01. The first-order valence-corrected chi connectivity index (χ1v) is 8.35. The van der Waals surface area contributed by atoms with Gasteiger partial charge in [-0.05, 0) is 18.4 Å². The van der Waals surface area contributed by atoms with Gasteiger partial charge < -0.3 is 5.32 Å². The van der Waals surface area contributed by atoms with Crippen LogP contribution in [-0.4, -0.2) is 28.0 Å². The molecule has 0 amide bonds. The summed E-state index contributed by atoms with van der Waals surface area (Å²) < 4.78 is 1.03. The van der Waals surface area contributed by atoms with Crippen LogP contribution in [0.15, 0.2) is 34.7 Å². The number of thioether (sulfide) groups is 2. The smallest absolute Gasteiger partial charge is 0.210 e. The zero-order valence-corrected chi connectivity index (χ0v) is 11.9. The van der Waals surface area contributed by atoms with Crippen LogP contribution < -0.4 is 5.32 Å². The van der Waals surface area contributed by atoms with Crippen LogP contribution >= 0.6 is 34.9 Å². The van der Waals surface area contributed by atoms with E-state index in [2.05, 4.69) is 21.8 Å². The summed E-state index contributed by atoms with van der Waals surface area (Å²) in [6, 6.07) is 10.0. The second-order valence-corrected chi connectivity index (χ2v) is 6.51. The van der Waals surface area contributed by atoms with Gasteiger partial charge in [0.1, 0.15) is 0 Å². The lowest BCUT2D eigenvalue weighted by Crippen LogP contribution is -1.87. The van der Waals surface area contributed by atoms with Gasteiger partial charge in [-0.1, -0.05) is 41.3 Å². The van der Waals surface area contributed by atoms with Crippen molar-refractivity contribution in [2.24, 2.45) is 0 Å². The number of benzene rings is 1. The second-order valence-electron chi connectivity index (χ2n) is 3.21. The molecule has 1 aromatic carbocycles. The Morgan fingerprint density at radius 2 is 2.00 bits per heavy atom. The number of aromatic nitrogens is 2. The van der Waals surface area contributed by atoms with Crippen LogP contribution in [0.4, 0.5) is 10.8 Å². The van der Waals surface area contributed by atoms with E-state index in [0.29, 0.717) is 0 Å². The third-order valence-corrected chi connectivity index (χ3v) is 4.79. The van der Waals surface area contributed by atoms with Crippen LogP contribution in [0.5, 0.6) is 0 Å². The highest BCUT2D eigenvalue weighted by Gasteiger charge is 2.04. The predicted molar refractivity (Wildman–Crippen MR) is 78.7 cm³/mol. The fourth-order valence-corrected chi connectivity index (χ4v) is 3.67. The summed E-state index contributed by atoms with van der Waals surface area (Å²) in [4.78, 5) is 0. The first kappa shape index (κ1) is 12.7. The molecule has 1 N–H and O–H groups in total. The number of hydrogen-bond donors (Lipinski definition) is 1. The zero-order chi connectivity index (χ0) is 11.9. The molecule has 0 bridgehead atoms. The van der Waals surface area contributed by atoms with Gasteiger partial charge >= 0.3 is 0 Å². The second kappa shape index (κ2) is 6.88. The van der Waals surface area contributed by atoms with Crippen LogP contribution in [0.2, 0.25) is 0 Å². The number of hydrogen-bond acceptors (Lipinski definition) is 6. The molecule has 2 aromatic rings. The molecule has 0 aliphatic carbocycles. The quantitative estimate of drug-likeness (QED) is 0.646. The van der Waals surface area contributed by atoms with E-state index in [1.54, 1.807) is 23.1 Å². The molecule has 17 heavy (non-hydrogen) atoms. The Bertz CT molecular complexity index is 444. The van der Waals surface area contributed by atoms with Crippen LogP contribution in [0.3, 0.4) is 0 Å². The van der Waals surface area contributed by atoms with E-state index in [4.69, 9.17) is 0 Å². The van der Waals surface area contributed by atoms with Crippen molar-refractivity contribution in [3.05, 3.63) is 30.3 Å². The zero-order valence-electron chi connectivity index (χ0n) is 9.42. The number of nitrogens with one attached hydrogen (secondary N) is 1. The molecule has 0 saturated carbocycles. The molecule has 0 radical (unpaired) electrons. The highest BCUT2D eigenvalue weighted by molar-refractivity contribution is 8.03. The van der Waals surface area contributed by atoms with Crippen molar-refractivity contribution in [2.75, 3.05) is 23.1 Å². The molecule has 3 nitrogen and oxygen atoms in total. The Balaban J connectivity index is 1.90. The van der Waals surface area contributed by atoms with Crippen LogP contribution in [-0.2, 0) is 0 Å². The van der Waals surface area contributed by atoms with E-state index >= 15 is 0 Å². The van der Waals surface area contributed by atoms with Crippen molar-refractivity contribution in [3.8, 4) is 0 Å². The van der Waals surface area contributed by atoms with Gasteiger partial charge in [0.25, 0.3) is 0 Å². The van der Waals surface area contributed by atoms with E-state index in [0.717, 1.165) is 26.7 Å². The molecule has 0 spiro atoms. The Morgan fingerprint density at radius 1 is 1.18 bits per heavy atom. The summed E-state index contributed by atoms with van der Waals surface area (Å²) in [6.07, 6.45) is 2.11. The Hall–Kier alpha value is -0.720. The van der Waals surface area contributed by atoms with Crippen molar-refractivity contribution in [1.29, 1.82) is 0 Å². The van der Waals surface area contributed by atoms with Crippen molar-refractivity contribution in [3.63, 3.8) is 0 Å². The Morgan fingerprint density at radius 3 is 2.76 bits per heavy atom. The van der Waals surface area contributed by atoms with E-state index in [1.165, 1.54) is 0 Å². The van der Waals surface area contributed by atoms with Gasteiger partial charge in [-0.3, -0.25) is 0 Å². The number of nitrogens with zero attached hydrogens (tertiary/aromatic N) is 2. The molecule has 0 atom stereocenters. The monoisotopic (exact) mass is 283 g/mol. The van der Waals surface area contributed by atoms with Crippen LogP contribution in [0.25, 0.3) is 0 Å². The van der Waals surface area contributed by atoms with Crippen molar-refractivity contribution >= 4 is 45.7 Å². The maximum atomic E-state index is 4.14. The topological polar surface area (TPSA) is 37.8 Å². The minimum absolute atomic E-state index is 0.850. The van der Waals surface area contributed by atoms with Crippen molar-refractivity contribution < 1.29 is 0 Å². The molecular weight excluding hydrogens is 270 g/mol. The SMILES string of the molecule is CSCCSc1nnc(Nc2ccccc2)s1. The standard InChI is InChI=1S/C11H13N3S3/c1-15-7-8-16-11-14-13-10(17-11)12-9-5-3-2-4-6-9/h2-6H,7-8H2,1H3,(H,12,13). The lowest BCUT2D eigenvalue weighted by atomic mass is 10.3. The fraction of sp³-hybridized carbons (Fsp3) is 0.273. The van der Waals surface area contributed by atoms with Crippen molar-refractivity contribution in [2.45, 2.75) is 4.34 Å². The predicted octanol–water partition coefficient (Wildman–Crippen LogP) is 3.74. The van der Waals surface area contributed by atoms with E-state index < -0.39 is 0 Å². The number of para-hydroxylation sites is 1. The minimum atomic E-state index is 0.850. The average molecular weight is 283 g/mol. The number of anilines is 2. The summed E-state index contributed by atoms with van der Waals surface area (Å²) >= 11 is 5.21. The van der Waals surface area contributed by atoms with Gasteiger partial charge in [0.15, 0.2) is 4.34 Å². The normalized spacial score (nSPS) is 10.4. The molecule has 0 saturated heterocycles. The highest BCUT2D eigenvalue weighted by Crippen LogP contribution is 2.27. The molecule has 0 aliphatic heterocycles. The largest absolute Gasteiger partial charge is 0.330 e. The molecule has 2 rings (SSSR count). The summed E-state index contributed by atoms with van der Waals surface area (Å²) in [5.41, 5.74) is 1.05. The van der Waals surface area contributed by atoms with Gasteiger partial charge in [-0.15, -0.1) is 10.2 Å². The highest BCUT2D eigenvalue weighted by atomic mass is 32.2. The molecule has 0 unspecified atom stereocenters. The van der Waals surface area contributed by atoms with E-state index in [-0.39, 0.29) is 0 Å². The summed E-state index contributed by atoms with van der Waals surface area (Å²) in [5.74, 6) is 2.23. The average Bonchev–Trinajstić information content (AvgIpc) is 2.79. The Labute approximate surface area is 113 Å². The van der Waals surface area contributed by atoms with Gasteiger partial charge in [0.2, 0.25) is 5.13 Å². The maximum Gasteiger partial charge on any atom is 0.210 e. The molecule has 1 aromatic heterocycles. The molecule has 0 fully saturated rings. The van der Waals surface area contributed by atoms with E-state index in [1.807, 2.05) is 42.1 Å². The van der Waals surface area contributed by atoms with Crippen molar-refractivity contribution in [1.82, 2.24) is 10.2 Å². The van der Waals surface area contributed by atoms with Gasteiger partial charge in [0.05, 0.1) is 0 Å². The summed E-state index contributed by atoms with van der Waals surface area (Å²) in [7, 11) is 0. The van der Waals surface area contributed by atoms with Crippen LogP contribution in [0.1, 0.15) is 0 Å². The molecular formula is C11H13N3S3. The van der Waals surface area contributed by atoms with Gasteiger partial charge in [-0.2, -0.15) is 11.8 Å². The third kappa shape index (κ3) is 4.22. The van der Waals surface area contributed by atoms with Gasteiger partial charge in [-0.25, -0.2) is 0 Å². The van der Waals surface area contributed by atoms with Crippen LogP contribution in [0, 0.1) is 0 Å². The lowest BCUT2D eigenvalue weighted by Gasteiger charge is -1.99. The minimum Gasteiger partial charge on any atom is -0.330 e. The van der Waals surface area contributed by atoms with E-state index in [9.17, 15) is 0 Å². The molecule has 90 valence electrons. The first-order valence-electron chi connectivity index (χ1n) is 5.16. The third-order valence-electron chi connectivity index (χ3n) is 1.94. The molecule has 0 aliphatic rings. The van der Waals surface area contributed by atoms with Gasteiger partial charge in [0, 0.05) is 17.2 Å². The first-order chi connectivity index (χ1) is 8.38. The number of rotatable bonds is 6. The molecule has 1 heterocycles.